The number of amides is 2. The first kappa shape index (κ1) is 19.4. The topological polar surface area (TPSA) is 50.4 Å². The Morgan fingerprint density at radius 3 is 2.74 bits per heavy atom. The highest BCUT2D eigenvalue weighted by Crippen LogP contribution is 2.36. The molecule has 27 heavy (non-hydrogen) atoms. The Morgan fingerprint density at radius 1 is 1.22 bits per heavy atom. The van der Waals surface area contributed by atoms with Crippen LogP contribution in [0.2, 0.25) is 0 Å². The van der Waals surface area contributed by atoms with Crippen molar-refractivity contribution in [3.05, 3.63) is 59.4 Å². The van der Waals surface area contributed by atoms with Gasteiger partial charge in [-0.05, 0) is 54.3 Å². The number of carbonyl (C=O) groups is 1. The lowest BCUT2D eigenvalue weighted by atomic mass is 10.0. The molecule has 2 N–H and O–H groups in total. The zero-order valence-electron chi connectivity index (χ0n) is 14.4. The minimum absolute atomic E-state index is 0.0977. The molecule has 0 aromatic heterocycles. The lowest BCUT2D eigenvalue weighted by Gasteiger charge is -2.26. The Balaban J connectivity index is 1.47. The molecular formula is C19H19F3N2O2S. The van der Waals surface area contributed by atoms with Gasteiger partial charge >= 0.3 is 12.6 Å². The molecule has 0 saturated carbocycles. The summed E-state index contributed by atoms with van der Waals surface area (Å²) >= 11 is 1.65. The van der Waals surface area contributed by atoms with Crippen LogP contribution in [0.3, 0.4) is 0 Å². The monoisotopic (exact) mass is 396 g/mol. The molecular weight excluding hydrogens is 377 g/mol. The quantitative estimate of drug-likeness (QED) is 0.756. The fourth-order valence-electron chi connectivity index (χ4n) is 2.88. The number of hydrogen-bond donors (Lipinski definition) is 2. The standard InChI is InChI=1S/C19H19F3N2O2S/c20-13-3-6-17-15(11-13)16(8-10-27-17)24-19(25)23-9-7-12-1-4-14(5-2-12)26-18(21)22/h1-6,11,16,18H,7-10H2,(H2,23,24,25). The molecule has 0 spiro atoms. The van der Waals surface area contributed by atoms with Gasteiger partial charge in [0.2, 0.25) is 0 Å². The molecule has 8 heteroatoms. The Hall–Kier alpha value is -2.35. The van der Waals surface area contributed by atoms with Crippen LogP contribution in [-0.2, 0) is 6.42 Å². The normalized spacial score (nSPS) is 15.9. The molecule has 4 nitrogen and oxygen atoms in total. The van der Waals surface area contributed by atoms with Crippen molar-refractivity contribution >= 4 is 17.8 Å². The zero-order chi connectivity index (χ0) is 19.2. The van der Waals surface area contributed by atoms with Gasteiger partial charge in [0.15, 0.2) is 0 Å². The van der Waals surface area contributed by atoms with Gasteiger partial charge in [-0.15, -0.1) is 11.8 Å². The van der Waals surface area contributed by atoms with Gasteiger partial charge in [0, 0.05) is 17.2 Å². The number of urea groups is 1. The van der Waals surface area contributed by atoms with E-state index in [1.165, 1.54) is 24.3 Å². The van der Waals surface area contributed by atoms with Crippen molar-refractivity contribution in [1.82, 2.24) is 10.6 Å². The second-order valence-corrected chi connectivity index (χ2v) is 7.18. The molecule has 0 aliphatic carbocycles. The zero-order valence-corrected chi connectivity index (χ0v) is 15.2. The van der Waals surface area contributed by atoms with Crippen LogP contribution in [-0.4, -0.2) is 24.9 Å². The molecule has 1 unspecified atom stereocenters. The maximum absolute atomic E-state index is 13.5. The molecule has 144 valence electrons. The maximum atomic E-state index is 13.5. The molecule has 1 aliphatic rings. The van der Waals surface area contributed by atoms with Crippen LogP contribution in [0, 0.1) is 5.82 Å². The number of fused-ring (bicyclic) bond motifs is 1. The van der Waals surface area contributed by atoms with Crippen molar-refractivity contribution in [2.75, 3.05) is 12.3 Å². The minimum atomic E-state index is -2.85. The molecule has 1 heterocycles. The Morgan fingerprint density at radius 2 is 2.00 bits per heavy atom. The number of hydrogen-bond acceptors (Lipinski definition) is 3. The summed E-state index contributed by atoms with van der Waals surface area (Å²) in [7, 11) is 0. The summed E-state index contributed by atoms with van der Waals surface area (Å²) in [5.74, 6) is 0.639. The Labute approximate surface area is 159 Å². The van der Waals surface area contributed by atoms with E-state index in [1.807, 2.05) is 0 Å². The molecule has 2 aromatic carbocycles. The maximum Gasteiger partial charge on any atom is 0.387 e. The third-order valence-electron chi connectivity index (χ3n) is 4.16. The van der Waals surface area contributed by atoms with Crippen LogP contribution >= 0.6 is 11.8 Å². The van der Waals surface area contributed by atoms with Gasteiger partial charge in [0.25, 0.3) is 0 Å². The first-order valence-corrected chi connectivity index (χ1v) is 9.50. The number of rotatable bonds is 6. The molecule has 0 bridgehead atoms. The van der Waals surface area contributed by atoms with Gasteiger partial charge in [-0.3, -0.25) is 0 Å². The molecule has 1 aliphatic heterocycles. The Bertz CT molecular complexity index is 787. The fourth-order valence-corrected chi connectivity index (χ4v) is 3.99. The van der Waals surface area contributed by atoms with E-state index in [2.05, 4.69) is 15.4 Å². The van der Waals surface area contributed by atoms with Crippen LogP contribution in [0.15, 0.2) is 47.4 Å². The van der Waals surface area contributed by atoms with E-state index < -0.39 is 6.61 Å². The summed E-state index contributed by atoms with van der Waals surface area (Å²) in [5.41, 5.74) is 1.69. The molecule has 0 fully saturated rings. The highest BCUT2D eigenvalue weighted by molar-refractivity contribution is 7.99. The Kier molecular flexibility index (Phi) is 6.49. The average molecular weight is 396 g/mol. The highest BCUT2D eigenvalue weighted by atomic mass is 32.2. The minimum Gasteiger partial charge on any atom is -0.435 e. The molecule has 3 rings (SSSR count). The summed E-state index contributed by atoms with van der Waals surface area (Å²) in [4.78, 5) is 13.1. The van der Waals surface area contributed by atoms with Crippen LogP contribution in [0.4, 0.5) is 18.0 Å². The molecule has 2 amide bonds. The smallest absolute Gasteiger partial charge is 0.387 e. The predicted molar refractivity (Wildman–Crippen MR) is 97.8 cm³/mol. The number of ether oxygens (including phenoxy) is 1. The molecule has 1 atom stereocenters. The van der Waals surface area contributed by atoms with Crippen molar-refractivity contribution in [3.63, 3.8) is 0 Å². The van der Waals surface area contributed by atoms with E-state index >= 15 is 0 Å². The van der Waals surface area contributed by atoms with Gasteiger partial charge < -0.3 is 15.4 Å². The van der Waals surface area contributed by atoms with E-state index in [-0.39, 0.29) is 23.6 Å². The van der Waals surface area contributed by atoms with Crippen LogP contribution < -0.4 is 15.4 Å². The highest BCUT2D eigenvalue weighted by Gasteiger charge is 2.22. The third-order valence-corrected chi connectivity index (χ3v) is 5.29. The van der Waals surface area contributed by atoms with Crippen molar-refractivity contribution in [2.24, 2.45) is 0 Å². The van der Waals surface area contributed by atoms with Crippen molar-refractivity contribution in [3.8, 4) is 5.75 Å². The molecule has 2 aromatic rings. The number of alkyl halides is 2. The lowest BCUT2D eigenvalue weighted by molar-refractivity contribution is -0.0498. The van der Waals surface area contributed by atoms with E-state index in [0.29, 0.717) is 13.0 Å². The lowest BCUT2D eigenvalue weighted by Crippen LogP contribution is -2.39. The van der Waals surface area contributed by atoms with Gasteiger partial charge in [-0.25, -0.2) is 9.18 Å². The summed E-state index contributed by atoms with van der Waals surface area (Å²) < 4.78 is 42.0. The van der Waals surface area contributed by atoms with E-state index in [9.17, 15) is 18.0 Å². The van der Waals surface area contributed by atoms with Crippen LogP contribution in [0.5, 0.6) is 5.75 Å². The van der Waals surface area contributed by atoms with Gasteiger partial charge in [-0.2, -0.15) is 8.78 Å². The van der Waals surface area contributed by atoms with E-state index in [1.54, 1.807) is 30.0 Å². The number of benzene rings is 2. The van der Waals surface area contributed by atoms with Crippen LogP contribution in [0.1, 0.15) is 23.6 Å². The van der Waals surface area contributed by atoms with Gasteiger partial charge in [0.05, 0.1) is 6.04 Å². The summed E-state index contributed by atoms with van der Waals surface area (Å²) in [6, 6.07) is 10.4. The predicted octanol–water partition coefficient (Wildman–Crippen LogP) is 4.51. The SMILES string of the molecule is O=C(NCCc1ccc(OC(F)F)cc1)NC1CCSc2ccc(F)cc21. The second-order valence-electron chi connectivity index (χ2n) is 6.04. The fraction of sp³-hybridized carbons (Fsp3) is 0.316. The van der Waals surface area contributed by atoms with Crippen LogP contribution in [0.25, 0.3) is 0 Å². The van der Waals surface area contributed by atoms with Gasteiger partial charge in [-0.1, -0.05) is 12.1 Å². The van der Waals surface area contributed by atoms with Crippen molar-refractivity contribution < 1.29 is 22.7 Å². The summed E-state index contributed by atoms with van der Waals surface area (Å²) in [6.45, 7) is -2.46. The van der Waals surface area contributed by atoms with E-state index in [0.717, 1.165) is 28.2 Å². The summed E-state index contributed by atoms with van der Waals surface area (Å²) in [5, 5.41) is 5.65. The number of carbonyl (C=O) groups excluding carboxylic acids is 1. The second kappa shape index (κ2) is 9.03. The average Bonchev–Trinajstić information content (AvgIpc) is 2.63. The first-order chi connectivity index (χ1) is 13.0. The number of nitrogens with one attached hydrogen (secondary N) is 2. The molecule has 0 saturated heterocycles. The largest absolute Gasteiger partial charge is 0.435 e. The number of thioether (sulfide) groups is 1. The van der Waals surface area contributed by atoms with Crippen molar-refractivity contribution in [1.29, 1.82) is 0 Å². The van der Waals surface area contributed by atoms with Crippen molar-refractivity contribution in [2.45, 2.75) is 30.4 Å². The van der Waals surface area contributed by atoms with E-state index in [4.69, 9.17) is 0 Å². The third kappa shape index (κ3) is 5.56. The first-order valence-electron chi connectivity index (χ1n) is 8.51. The number of halogens is 3. The molecule has 0 radical (unpaired) electrons. The van der Waals surface area contributed by atoms with Gasteiger partial charge in [0.1, 0.15) is 11.6 Å². The summed E-state index contributed by atoms with van der Waals surface area (Å²) in [6.07, 6.45) is 1.29.